The summed E-state index contributed by atoms with van der Waals surface area (Å²) >= 11 is 0. The largest absolute Gasteiger partial charge is 0.490 e. The van der Waals surface area contributed by atoms with E-state index in [0.29, 0.717) is 37.9 Å². The van der Waals surface area contributed by atoms with Gasteiger partial charge in [0.05, 0.1) is 25.3 Å². The van der Waals surface area contributed by atoms with E-state index in [0.717, 1.165) is 11.4 Å². The fourth-order valence-electron chi connectivity index (χ4n) is 2.53. The summed E-state index contributed by atoms with van der Waals surface area (Å²) in [5.74, 6) is 1.92. The molecule has 1 aromatic heterocycles. The number of hydrogen-bond donors (Lipinski definition) is 0. The molecule has 0 spiro atoms. The zero-order chi connectivity index (χ0) is 16.2. The summed E-state index contributed by atoms with van der Waals surface area (Å²) in [7, 11) is 1.86. The standard InChI is InChI=1S/C16H20N4O3/c1-3-14-17-18-15(23-14)10-19(2)11-16(21)20-8-9-22-13-7-5-4-6-12(13)20/h4-7H,3,8-11H2,1-2H3. The van der Waals surface area contributed by atoms with Crippen molar-refractivity contribution in [3.63, 3.8) is 0 Å². The first-order chi connectivity index (χ1) is 11.2. The minimum Gasteiger partial charge on any atom is -0.490 e. The molecule has 0 unspecified atom stereocenters. The average molecular weight is 316 g/mol. The summed E-state index contributed by atoms with van der Waals surface area (Å²) in [6.45, 7) is 3.75. The molecule has 0 bridgehead atoms. The Morgan fingerprint density at radius 1 is 1.30 bits per heavy atom. The summed E-state index contributed by atoms with van der Waals surface area (Å²) in [6, 6.07) is 7.59. The Labute approximate surface area is 134 Å². The number of amides is 1. The van der Waals surface area contributed by atoms with E-state index in [1.807, 2.05) is 43.1 Å². The Morgan fingerprint density at radius 3 is 2.87 bits per heavy atom. The first-order valence-corrected chi connectivity index (χ1v) is 7.69. The van der Waals surface area contributed by atoms with Crippen LogP contribution in [0.2, 0.25) is 0 Å². The van der Waals surface area contributed by atoms with Crippen molar-refractivity contribution in [3.8, 4) is 5.75 Å². The zero-order valence-corrected chi connectivity index (χ0v) is 13.4. The molecular formula is C16H20N4O3. The monoisotopic (exact) mass is 316 g/mol. The number of carbonyl (C=O) groups is 1. The number of rotatable bonds is 5. The number of fused-ring (bicyclic) bond motifs is 1. The van der Waals surface area contributed by atoms with Gasteiger partial charge in [-0.25, -0.2) is 0 Å². The maximum Gasteiger partial charge on any atom is 0.241 e. The molecule has 0 saturated carbocycles. The molecule has 7 heteroatoms. The second kappa shape index (κ2) is 6.78. The van der Waals surface area contributed by atoms with Crippen molar-refractivity contribution in [1.29, 1.82) is 0 Å². The third-order valence-corrected chi connectivity index (χ3v) is 3.65. The van der Waals surface area contributed by atoms with Crippen LogP contribution in [0.3, 0.4) is 0 Å². The number of aryl methyl sites for hydroxylation is 1. The Balaban J connectivity index is 1.63. The lowest BCUT2D eigenvalue weighted by Gasteiger charge is -2.30. The second-order valence-electron chi connectivity index (χ2n) is 5.48. The zero-order valence-electron chi connectivity index (χ0n) is 13.4. The molecule has 122 valence electrons. The molecule has 0 radical (unpaired) electrons. The number of hydrogen-bond acceptors (Lipinski definition) is 6. The fraction of sp³-hybridized carbons (Fsp3) is 0.438. The van der Waals surface area contributed by atoms with Crippen LogP contribution in [0.15, 0.2) is 28.7 Å². The van der Waals surface area contributed by atoms with Gasteiger partial charge in [0, 0.05) is 6.42 Å². The van der Waals surface area contributed by atoms with E-state index in [1.54, 1.807) is 4.90 Å². The summed E-state index contributed by atoms with van der Waals surface area (Å²) in [6.07, 6.45) is 0.709. The second-order valence-corrected chi connectivity index (χ2v) is 5.48. The van der Waals surface area contributed by atoms with E-state index in [4.69, 9.17) is 9.15 Å². The Hall–Kier alpha value is -2.41. The maximum absolute atomic E-state index is 12.6. The van der Waals surface area contributed by atoms with Crippen molar-refractivity contribution in [2.75, 3.05) is 31.6 Å². The summed E-state index contributed by atoms with van der Waals surface area (Å²) in [5, 5.41) is 7.91. The van der Waals surface area contributed by atoms with Crippen molar-refractivity contribution in [3.05, 3.63) is 36.0 Å². The van der Waals surface area contributed by atoms with Gasteiger partial charge in [-0.05, 0) is 19.2 Å². The van der Waals surface area contributed by atoms with Crippen LogP contribution in [-0.4, -0.2) is 47.7 Å². The van der Waals surface area contributed by atoms with Gasteiger partial charge in [0.2, 0.25) is 17.7 Å². The van der Waals surface area contributed by atoms with Crippen molar-refractivity contribution in [2.45, 2.75) is 19.9 Å². The van der Waals surface area contributed by atoms with Gasteiger partial charge in [-0.15, -0.1) is 10.2 Å². The minimum absolute atomic E-state index is 0.0264. The first kappa shape index (κ1) is 15.5. The van der Waals surface area contributed by atoms with Gasteiger partial charge >= 0.3 is 0 Å². The highest BCUT2D eigenvalue weighted by Crippen LogP contribution is 2.30. The lowest BCUT2D eigenvalue weighted by atomic mass is 10.2. The third-order valence-electron chi connectivity index (χ3n) is 3.65. The molecule has 0 fully saturated rings. The van der Waals surface area contributed by atoms with Gasteiger partial charge < -0.3 is 14.1 Å². The van der Waals surface area contributed by atoms with E-state index in [1.165, 1.54) is 0 Å². The topological polar surface area (TPSA) is 71.7 Å². The Bertz CT molecular complexity index is 685. The third kappa shape index (κ3) is 3.50. The van der Waals surface area contributed by atoms with Gasteiger partial charge in [0.15, 0.2) is 0 Å². The number of likely N-dealkylation sites (N-methyl/N-ethyl adjacent to an activating group) is 1. The average Bonchev–Trinajstić information content (AvgIpc) is 3.01. The quantitative estimate of drug-likeness (QED) is 0.832. The molecule has 1 aliphatic rings. The highest BCUT2D eigenvalue weighted by atomic mass is 16.5. The molecule has 1 aliphatic heterocycles. The molecule has 0 saturated heterocycles. The number of ether oxygens (including phenoxy) is 1. The highest BCUT2D eigenvalue weighted by molar-refractivity contribution is 5.96. The minimum atomic E-state index is 0.0264. The highest BCUT2D eigenvalue weighted by Gasteiger charge is 2.24. The predicted octanol–water partition coefficient (Wildman–Crippen LogP) is 1.49. The van der Waals surface area contributed by atoms with Crippen molar-refractivity contribution in [1.82, 2.24) is 15.1 Å². The normalized spacial score (nSPS) is 13.8. The summed E-state index contributed by atoms with van der Waals surface area (Å²) in [5.41, 5.74) is 0.822. The van der Waals surface area contributed by atoms with E-state index in [9.17, 15) is 4.79 Å². The van der Waals surface area contributed by atoms with Crippen LogP contribution in [0.25, 0.3) is 0 Å². The van der Waals surface area contributed by atoms with Crippen LogP contribution in [-0.2, 0) is 17.8 Å². The van der Waals surface area contributed by atoms with Crippen molar-refractivity contribution in [2.24, 2.45) is 0 Å². The van der Waals surface area contributed by atoms with E-state index < -0.39 is 0 Å². The van der Waals surface area contributed by atoms with Crippen LogP contribution in [0.1, 0.15) is 18.7 Å². The van der Waals surface area contributed by atoms with Gasteiger partial charge in [0.25, 0.3) is 0 Å². The lowest BCUT2D eigenvalue weighted by molar-refractivity contribution is -0.119. The van der Waals surface area contributed by atoms with Crippen molar-refractivity contribution < 1.29 is 13.9 Å². The molecule has 2 heterocycles. The van der Waals surface area contributed by atoms with Crippen LogP contribution < -0.4 is 9.64 Å². The number of para-hydroxylation sites is 2. The van der Waals surface area contributed by atoms with Crippen LogP contribution in [0, 0.1) is 0 Å². The number of benzene rings is 1. The molecule has 23 heavy (non-hydrogen) atoms. The SMILES string of the molecule is CCc1nnc(CN(C)CC(=O)N2CCOc3ccccc32)o1. The number of anilines is 1. The molecule has 0 atom stereocenters. The Kier molecular flexibility index (Phi) is 4.57. The predicted molar refractivity (Wildman–Crippen MR) is 84.3 cm³/mol. The lowest BCUT2D eigenvalue weighted by Crippen LogP contribution is -2.43. The van der Waals surface area contributed by atoms with E-state index in [-0.39, 0.29) is 12.5 Å². The van der Waals surface area contributed by atoms with Gasteiger partial charge in [0.1, 0.15) is 12.4 Å². The smallest absolute Gasteiger partial charge is 0.241 e. The number of aromatic nitrogens is 2. The molecular weight excluding hydrogens is 296 g/mol. The van der Waals surface area contributed by atoms with Crippen LogP contribution in [0.5, 0.6) is 5.75 Å². The molecule has 3 rings (SSSR count). The van der Waals surface area contributed by atoms with Gasteiger partial charge in [-0.3, -0.25) is 9.69 Å². The van der Waals surface area contributed by atoms with Crippen LogP contribution >= 0.6 is 0 Å². The summed E-state index contributed by atoms with van der Waals surface area (Å²) in [4.78, 5) is 16.2. The van der Waals surface area contributed by atoms with Crippen LogP contribution in [0.4, 0.5) is 5.69 Å². The molecule has 0 aliphatic carbocycles. The summed E-state index contributed by atoms with van der Waals surface area (Å²) < 4.78 is 11.1. The molecule has 0 N–H and O–H groups in total. The number of carbonyl (C=O) groups excluding carboxylic acids is 1. The molecule has 1 aromatic carbocycles. The van der Waals surface area contributed by atoms with Gasteiger partial charge in [-0.1, -0.05) is 19.1 Å². The fourth-order valence-corrected chi connectivity index (χ4v) is 2.53. The molecule has 1 amide bonds. The molecule has 2 aromatic rings. The van der Waals surface area contributed by atoms with Gasteiger partial charge in [-0.2, -0.15) is 0 Å². The van der Waals surface area contributed by atoms with E-state index >= 15 is 0 Å². The van der Waals surface area contributed by atoms with E-state index in [2.05, 4.69) is 10.2 Å². The first-order valence-electron chi connectivity index (χ1n) is 7.69. The number of nitrogens with zero attached hydrogens (tertiary/aromatic N) is 4. The maximum atomic E-state index is 12.6. The molecule has 7 nitrogen and oxygen atoms in total. The van der Waals surface area contributed by atoms with Crippen molar-refractivity contribution >= 4 is 11.6 Å². The Morgan fingerprint density at radius 2 is 2.09 bits per heavy atom.